The van der Waals surface area contributed by atoms with E-state index in [1.807, 2.05) is 31.4 Å². The van der Waals surface area contributed by atoms with Crippen molar-refractivity contribution < 1.29 is 9.59 Å². The van der Waals surface area contributed by atoms with Crippen molar-refractivity contribution in [1.29, 1.82) is 0 Å². The van der Waals surface area contributed by atoms with E-state index in [0.29, 0.717) is 38.8 Å². The van der Waals surface area contributed by atoms with Gasteiger partial charge in [0.15, 0.2) is 11.0 Å². The molecule has 1 atom stereocenters. The van der Waals surface area contributed by atoms with Crippen LogP contribution in [0, 0.1) is 6.92 Å². The van der Waals surface area contributed by atoms with Crippen molar-refractivity contribution >= 4 is 52.5 Å². The van der Waals surface area contributed by atoms with Gasteiger partial charge in [0.1, 0.15) is 0 Å². The Balaban J connectivity index is 1.63. The molecule has 0 radical (unpaired) electrons. The molecule has 3 aromatic rings. The summed E-state index contributed by atoms with van der Waals surface area (Å²) in [7, 11) is 0. The molecule has 2 N–H and O–H groups in total. The third-order valence-electron chi connectivity index (χ3n) is 4.78. The SMILES string of the molecule is CCn1c(SCC(=O)Nc2cccc(Cl)c2C)nnc1[C@@H](C)NC(=O)c1ccc(Cl)cc1. The van der Waals surface area contributed by atoms with Crippen LogP contribution in [0.25, 0.3) is 0 Å². The Bertz CT molecular complexity index is 1120. The van der Waals surface area contributed by atoms with Crippen molar-refractivity contribution in [2.75, 3.05) is 11.1 Å². The van der Waals surface area contributed by atoms with Crippen molar-refractivity contribution in [3.63, 3.8) is 0 Å². The largest absolute Gasteiger partial charge is 0.342 e. The fourth-order valence-electron chi connectivity index (χ4n) is 3.03. The minimum absolute atomic E-state index is 0.162. The molecule has 168 valence electrons. The maximum atomic E-state index is 12.5. The highest BCUT2D eigenvalue weighted by atomic mass is 35.5. The number of thioether (sulfide) groups is 1. The van der Waals surface area contributed by atoms with Gasteiger partial charge in [-0.1, -0.05) is 41.0 Å². The molecule has 0 saturated heterocycles. The number of carbonyl (C=O) groups is 2. The number of benzene rings is 2. The fraction of sp³-hybridized carbons (Fsp3) is 0.273. The summed E-state index contributed by atoms with van der Waals surface area (Å²) in [5.41, 5.74) is 2.00. The van der Waals surface area contributed by atoms with Gasteiger partial charge < -0.3 is 15.2 Å². The van der Waals surface area contributed by atoms with E-state index >= 15 is 0 Å². The number of aromatic nitrogens is 3. The number of anilines is 1. The van der Waals surface area contributed by atoms with Crippen LogP contribution < -0.4 is 10.6 Å². The average molecular weight is 492 g/mol. The van der Waals surface area contributed by atoms with E-state index in [0.717, 1.165) is 5.56 Å². The quantitative estimate of drug-likeness (QED) is 0.426. The Hall–Kier alpha value is -2.55. The minimum Gasteiger partial charge on any atom is -0.342 e. The van der Waals surface area contributed by atoms with E-state index < -0.39 is 0 Å². The van der Waals surface area contributed by atoms with Crippen LogP contribution in [0.15, 0.2) is 47.6 Å². The number of halogens is 2. The third kappa shape index (κ3) is 5.82. The number of nitrogens with zero attached hydrogens (tertiary/aromatic N) is 3. The van der Waals surface area contributed by atoms with Crippen molar-refractivity contribution in [1.82, 2.24) is 20.1 Å². The maximum Gasteiger partial charge on any atom is 0.251 e. The first-order valence-electron chi connectivity index (χ1n) is 9.97. The summed E-state index contributed by atoms with van der Waals surface area (Å²) < 4.78 is 1.88. The lowest BCUT2D eigenvalue weighted by Gasteiger charge is -2.15. The maximum absolute atomic E-state index is 12.5. The second-order valence-corrected chi connectivity index (χ2v) is 8.82. The number of carbonyl (C=O) groups excluding carboxylic acids is 2. The summed E-state index contributed by atoms with van der Waals surface area (Å²) in [4.78, 5) is 24.9. The van der Waals surface area contributed by atoms with Crippen LogP contribution >= 0.6 is 35.0 Å². The van der Waals surface area contributed by atoms with Gasteiger partial charge >= 0.3 is 0 Å². The van der Waals surface area contributed by atoms with Crippen LogP contribution in [0.1, 0.15) is 41.6 Å². The number of hydrogen-bond donors (Lipinski definition) is 2. The molecule has 32 heavy (non-hydrogen) atoms. The van der Waals surface area contributed by atoms with Crippen molar-refractivity contribution in [2.24, 2.45) is 0 Å². The Morgan fingerprint density at radius 1 is 1.12 bits per heavy atom. The molecule has 1 aromatic heterocycles. The second kappa shape index (κ2) is 10.8. The third-order valence-corrected chi connectivity index (χ3v) is 6.41. The zero-order valence-corrected chi connectivity index (χ0v) is 20.2. The molecule has 2 amide bonds. The smallest absolute Gasteiger partial charge is 0.251 e. The highest BCUT2D eigenvalue weighted by Crippen LogP contribution is 2.24. The van der Waals surface area contributed by atoms with E-state index in [-0.39, 0.29) is 23.6 Å². The lowest BCUT2D eigenvalue weighted by Crippen LogP contribution is -2.28. The zero-order chi connectivity index (χ0) is 23.3. The van der Waals surface area contributed by atoms with Gasteiger partial charge in [0.05, 0.1) is 11.8 Å². The monoisotopic (exact) mass is 491 g/mol. The van der Waals surface area contributed by atoms with Crippen LogP contribution in [0.4, 0.5) is 5.69 Å². The highest BCUT2D eigenvalue weighted by Gasteiger charge is 2.20. The summed E-state index contributed by atoms with van der Waals surface area (Å²) in [5, 5.41) is 16.0. The summed E-state index contributed by atoms with van der Waals surface area (Å²) >= 11 is 13.3. The van der Waals surface area contributed by atoms with Gasteiger partial charge in [-0.25, -0.2) is 0 Å². The van der Waals surface area contributed by atoms with Crippen LogP contribution in [0.3, 0.4) is 0 Å². The van der Waals surface area contributed by atoms with E-state index in [9.17, 15) is 9.59 Å². The molecule has 0 bridgehead atoms. The van der Waals surface area contributed by atoms with Gasteiger partial charge in [0.2, 0.25) is 5.91 Å². The number of amides is 2. The summed E-state index contributed by atoms with van der Waals surface area (Å²) in [6.45, 7) is 6.25. The van der Waals surface area contributed by atoms with Gasteiger partial charge in [-0.05, 0) is 62.7 Å². The van der Waals surface area contributed by atoms with Gasteiger partial charge in [-0.3, -0.25) is 9.59 Å². The highest BCUT2D eigenvalue weighted by molar-refractivity contribution is 7.99. The lowest BCUT2D eigenvalue weighted by atomic mass is 10.2. The number of rotatable bonds is 8. The Morgan fingerprint density at radius 2 is 1.84 bits per heavy atom. The summed E-state index contributed by atoms with van der Waals surface area (Å²) in [6, 6.07) is 11.7. The molecule has 0 aliphatic heterocycles. The molecule has 7 nitrogen and oxygen atoms in total. The van der Waals surface area contributed by atoms with Crippen LogP contribution in [-0.4, -0.2) is 32.3 Å². The molecule has 0 saturated carbocycles. The first kappa shape index (κ1) is 24.1. The van der Waals surface area contributed by atoms with Crippen molar-refractivity contribution in [3.8, 4) is 0 Å². The molecule has 3 rings (SSSR count). The first-order chi connectivity index (χ1) is 15.3. The Kier molecular flexibility index (Phi) is 8.17. The van der Waals surface area contributed by atoms with Gasteiger partial charge in [0, 0.05) is 27.8 Å². The molecule has 2 aromatic carbocycles. The van der Waals surface area contributed by atoms with E-state index in [4.69, 9.17) is 23.2 Å². The van der Waals surface area contributed by atoms with Gasteiger partial charge in [-0.2, -0.15) is 0 Å². The molecule has 1 heterocycles. The van der Waals surface area contributed by atoms with Crippen LogP contribution in [0.5, 0.6) is 0 Å². The van der Waals surface area contributed by atoms with Crippen LogP contribution in [-0.2, 0) is 11.3 Å². The normalized spacial score (nSPS) is 11.8. The van der Waals surface area contributed by atoms with Crippen LogP contribution in [0.2, 0.25) is 10.0 Å². The topological polar surface area (TPSA) is 88.9 Å². The van der Waals surface area contributed by atoms with Gasteiger partial charge in [0.25, 0.3) is 5.91 Å². The number of hydrogen-bond acceptors (Lipinski definition) is 5. The molecule has 0 spiro atoms. The molecular weight excluding hydrogens is 469 g/mol. The molecular formula is C22H23Cl2N5O2S. The predicted molar refractivity (Wildman–Crippen MR) is 129 cm³/mol. The van der Waals surface area contributed by atoms with E-state index in [2.05, 4.69) is 20.8 Å². The Labute approximate surface area is 200 Å². The van der Waals surface area contributed by atoms with E-state index in [1.54, 1.807) is 36.4 Å². The molecule has 10 heteroatoms. The second-order valence-electron chi connectivity index (χ2n) is 7.04. The predicted octanol–water partition coefficient (Wildman–Crippen LogP) is 5.14. The molecule has 0 fully saturated rings. The molecule has 0 aliphatic rings. The summed E-state index contributed by atoms with van der Waals surface area (Å²) in [5.74, 6) is 0.376. The van der Waals surface area contributed by atoms with E-state index in [1.165, 1.54) is 11.8 Å². The molecule has 0 unspecified atom stereocenters. The Morgan fingerprint density at radius 3 is 2.53 bits per heavy atom. The zero-order valence-electron chi connectivity index (χ0n) is 17.9. The summed E-state index contributed by atoms with van der Waals surface area (Å²) in [6.07, 6.45) is 0. The first-order valence-corrected chi connectivity index (χ1v) is 11.7. The van der Waals surface area contributed by atoms with Crippen molar-refractivity contribution in [2.45, 2.75) is 38.5 Å². The fourth-order valence-corrected chi connectivity index (χ4v) is 4.14. The van der Waals surface area contributed by atoms with Gasteiger partial charge in [-0.15, -0.1) is 10.2 Å². The van der Waals surface area contributed by atoms with Crippen molar-refractivity contribution in [3.05, 3.63) is 69.5 Å². The lowest BCUT2D eigenvalue weighted by molar-refractivity contribution is -0.113. The number of nitrogens with one attached hydrogen (secondary N) is 2. The molecule has 0 aliphatic carbocycles. The average Bonchev–Trinajstić information content (AvgIpc) is 3.19. The standard InChI is InChI=1S/C22H23Cl2N5O2S/c1-4-29-20(14(3)25-21(31)15-8-10-16(23)11-9-15)27-28-22(29)32-12-19(30)26-18-7-5-6-17(24)13(18)2/h5-11,14H,4,12H2,1-3H3,(H,25,31)(H,26,30)/t14-/m1/s1. The minimum atomic E-state index is -0.372.